The van der Waals surface area contributed by atoms with Crippen LogP contribution < -0.4 is 5.73 Å². The van der Waals surface area contributed by atoms with Gasteiger partial charge in [0, 0.05) is 31.6 Å². The molecule has 1 heterocycles. The van der Waals surface area contributed by atoms with Gasteiger partial charge in [0.05, 0.1) is 5.84 Å². The highest BCUT2D eigenvalue weighted by atomic mass is 19.1. The fourth-order valence-corrected chi connectivity index (χ4v) is 2.49. The Morgan fingerprint density at radius 1 is 1.50 bits per heavy atom. The SMILES string of the molecule is CN=C(N)C1CCCN(Cc2ccccc2F)C1. The summed E-state index contributed by atoms with van der Waals surface area (Å²) in [4.78, 5) is 6.32. The minimum atomic E-state index is -0.128. The summed E-state index contributed by atoms with van der Waals surface area (Å²) in [5.41, 5.74) is 6.64. The normalized spacial score (nSPS) is 22.1. The molecule has 0 saturated carbocycles. The maximum atomic E-state index is 13.6. The molecule has 18 heavy (non-hydrogen) atoms. The van der Waals surface area contributed by atoms with Crippen LogP contribution in [0.4, 0.5) is 4.39 Å². The smallest absolute Gasteiger partial charge is 0.127 e. The molecule has 2 rings (SSSR count). The monoisotopic (exact) mass is 249 g/mol. The molecule has 0 aliphatic carbocycles. The molecule has 1 aromatic rings. The molecular formula is C14H20FN3. The zero-order valence-electron chi connectivity index (χ0n) is 10.8. The van der Waals surface area contributed by atoms with Crippen molar-refractivity contribution in [2.75, 3.05) is 20.1 Å². The number of halogens is 1. The molecule has 1 aliphatic heterocycles. The van der Waals surface area contributed by atoms with E-state index in [-0.39, 0.29) is 5.82 Å². The van der Waals surface area contributed by atoms with Gasteiger partial charge in [-0.2, -0.15) is 0 Å². The fraction of sp³-hybridized carbons (Fsp3) is 0.500. The standard InChI is InChI=1S/C14H20FN3/c1-17-14(16)12-6-4-8-18(10-12)9-11-5-2-3-7-13(11)15/h2-3,5,7,12H,4,6,8-10H2,1H3,(H2,16,17). The zero-order valence-corrected chi connectivity index (χ0v) is 10.8. The van der Waals surface area contributed by atoms with Gasteiger partial charge in [-0.25, -0.2) is 4.39 Å². The molecule has 1 fully saturated rings. The van der Waals surface area contributed by atoms with Crippen molar-refractivity contribution in [3.05, 3.63) is 35.6 Å². The van der Waals surface area contributed by atoms with E-state index in [2.05, 4.69) is 9.89 Å². The summed E-state index contributed by atoms with van der Waals surface area (Å²) >= 11 is 0. The van der Waals surface area contributed by atoms with Gasteiger partial charge < -0.3 is 5.73 Å². The Morgan fingerprint density at radius 2 is 2.28 bits per heavy atom. The molecule has 1 unspecified atom stereocenters. The predicted molar refractivity (Wildman–Crippen MR) is 71.9 cm³/mol. The van der Waals surface area contributed by atoms with Crippen molar-refractivity contribution in [2.45, 2.75) is 19.4 Å². The van der Waals surface area contributed by atoms with Crippen LogP contribution in [0.15, 0.2) is 29.3 Å². The first kappa shape index (κ1) is 13.0. The number of benzene rings is 1. The van der Waals surface area contributed by atoms with Gasteiger partial charge in [0.25, 0.3) is 0 Å². The molecule has 0 spiro atoms. The molecule has 2 N–H and O–H groups in total. The van der Waals surface area contributed by atoms with E-state index in [9.17, 15) is 4.39 Å². The van der Waals surface area contributed by atoms with Crippen LogP contribution in [0, 0.1) is 11.7 Å². The van der Waals surface area contributed by atoms with Gasteiger partial charge in [0.15, 0.2) is 0 Å². The summed E-state index contributed by atoms with van der Waals surface area (Å²) < 4.78 is 13.6. The number of nitrogens with zero attached hydrogens (tertiary/aromatic N) is 2. The first-order valence-corrected chi connectivity index (χ1v) is 6.38. The summed E-state index contributed by atoms with van der Waals surface area (Å²) in [7, 11) is 1.73. The molecule has 0 amide bonds. The van der Waals surface area contributed by atoms with Crippen LogP contribution in [0.2, 0.25) is 0 Å². The molecule has 1 aromatic carbocycles. The third kappa shape index (κ3) is 3.07. The molecule has 1 saturated heterocycles. The molecule has 1 atom stereocenters. The maximum Gasteiger partial charge on any atom is 0.127 e. The van der Waals surface area contributed by atoms with E-state index in [1.54, 1.807) is 13.1 Å². The van der Waals surface area contributed by atoms with Crippen LogP contribution in [0.5, 0.6) is 0 Å². The highest BCUT2D eigenvalue weighted by molar-refractivity contribution is 5.83. The van der Waals surface area contributed by atoms with E-state index >= 15 is 0 Å². The second kappa shape index (κ2) is 5.96. The summed E-state index contributed by atoms with van der Waals surface area (Å²) in [5.74, 6) is 0.903. The van der Waals surface area contributed by atoms with E-state index in [0.29, 0.717) is 18.3 Å². The topological polar surface area (TPSA) is 41.6 Å². The van der Waals surface area contributed by atoms with Crippen molar-refractivity contribution < 1.29 is 4.39 Å². The van der Waals surface area contributed by atoms with Crippen molar-refractivity contribution in [1.29, 1.82) is 0 Å². The maximum absolute atomic E-state index is 13.6. The predicted octanol–water partition coefficient (Wildman–Crippen LogP) is 2.02. The van der Waals surface area contributed by atoms with Crippen molar-refractivity contribution in [1.82, 2.24) is 4.90 Å². The number of likely N-dealkylation sites (tertiary alicyclic amines) is 1. The molecule has 98 valence electrons. The minimum Gasteiger partial charge on any atom is -0.387 e. The Kier molecular flexibility index (Phi) is 4.31. The number of nitrogens with two attached hydrogens (primary N) is 1. The van der Waals surface area contributed by atoms with E-state index in [1.165, 1.54) is 6.07 Å². The Bertz CT molecular complexity index is 431. The van der Waals surface area contributed by atoms with Crippen LogP contribution in [0.3, 0.4) is 0 Å². The first-order valence-electron chi connectivity index (χ1n) is 6.38. The molecule has 3 nitrogen and oxygen atoms in total. The van der Waals surface area contributed by atoms with Crippen molar-refractivity contribution in [3.8, 4) is 0 Å². The lowest BCUT2D eigenvalue weighted by molar-refractivity contribution is 0.194. The first-order chi connectivity index (χ1) is 8.70. The largest absolute Gasteiger partial charge is 0.387 e. The number of hydrogen-bond donors (Lipinski definition) is 1. The number of aliphatic imine (C=N–C) groups is 1. The van der Waals surface area contributed by atoms with Gasteiger partial charge in [-0.15, -0.1) is 0 Å². The molecule has 1 aliphatic rings. The summed E-state index contributed by atoms with van der Waals surface area (Å²) in [6.45, 7) is 2.53. The minimum absolute atomic E-state index is 0.128. The number of rotatable bonds is 3. The molecule has 0 radical (unpaired) electrons. The van der Waals surface area contributed by atoms with Gasteiger partial charge >= 0.3 is 0 Å². The number of amidine groups is 1. The van der Waals surface area contributed by atoms with Gasteiger partial charge in [-0.1, -0.05) is 18.2 Å². The van der Waals surface area contributed by atoms with E-state index in [1.807, 2.05) is 12.1 Å². The summed E-state index contributed by atoms with van der Waals surface area (Å²) in [5, 5.41) is 0. The van der Waals surface area contributed by atoms with E-state index in [0.717, 1.165) is 31.5 Å². The summed E-state index contributed by atoms with van der Waals surface area (Å²) in [6, 6.07) is 6.95. The van der Waals surface area contributed by atoms with Crippen LogP contribution in [-0.4, -0.2) is 30.9 Å². The second-order valence-corrected chi connectivity index (χ2v) is 4.81. The highest BCUT2D eigenvalue weighted by Crippen LogP contribution is 2.19. The average Bonchev–Trinajstić information content (AvgIpc) is 2.41. The Balaban J connectivity index is 2.00. The lowest BCUT2D eigenvalue weighted by Crippen LogP contribution is -2.40. The van der Waals surface area contributed by atoms with E-state index < -0.39 is 0 Å². The third-order valence-corrected chi connectivity index (χ3v) is 3.53. The second-order valence-electron chi connectivity index (χ2n) is 4.81. The van der Waals surface area contributed by atoms with Gasteiger partial charge in [-0.3, -0.25) is 9.89 Å². The van der Waals surface area contributed by atoms with Crippen LogP contribution >= 0.6 is 0 Å². The van der Waals surface area contributed by atoms with Crippen LogP contribution in [0.25, 0.3) is 0 Å². The number of hydrogen-bond acceptors (Lipinski definition) is 2. The van der Waals surface area contributed by atoms with Gasteiger partial charge in [0.1, 0.15) is 5.82 Å². The van der Waals surface area contributed by atoms with E-state index in [4.69, 9.17) is 5.73 Å². The Morgan fingerprint density at radius 3 is 3.00 bits per heavy atom. The fourth-order valence-electron chi connectivity index (χ4n) is 2.49. The molecule has 0 bridgehead atoms. The molecule has 0 aromatic heterocycles. The van der Waals surface area contributed by atoms with Gasteiger partial charge in [0.2, 0.25) is 0 Å². The highest BCUT2D eigenvalue weighted by Gasteiger charge is 2.22. The van der Waals surface area contributed by atoms with Gasteiger partial charge in [-0.05, 0) is 25.5 Å². The molecule has 4 heteroatoms. The van der Waals surface area contributed by atoms with Crippen molar-refractivity contribution in [2.24, 2.45) is 16.6 Å². The Hall–Kier alpha value is -1.42. The van der Waals surface area contributed by atoms with Crippen LogP contribution in [-0.2, 0) is 6.54 Å². The summed E-state index contributed by atoms with van der Waals surface area (Å²) in [6.07, 6.45) is 2.17. The van der Waals surface area contributed by atoms with Crippen molar-refractivity contribution >= 4 is 5.84 Å². The quantitative estimate of drug-likeness (QED) is 0.658. The van der Waals surface area contributed by atoms with Crippen molar-refractivity contribution in [3.63, 3.8) is 0 Å². The lowest BCUT2D eigenvalue weighted by Gasteiger charge is -2.32. The Labute approximate surface area is 108 Å². The average molecular weight is 249 g/mol. The number of piperidine rings is 1. The van der Waals surface area contributed by atoms with Crippen LogP contribution in [0.1, 0.15) is 18.4 Å². The lowest BCUT2D eigenvalue weighted by atomic mass is 9.96. The zero-order chi connectivity index (χ0) is 13.0. The third-order valence-electron chi connectivity index (χ3n) is 3.53. The molecular weight excluding hydrogens is 229 g/mol.